The first-order valence-corrected chi connectivity index (χ1v) is 4.90. The smallest absolute Gasteiger partial charge is 0.744 e. The molecule has 0 radical (unpaired) electrons. The summed E-state index contributed by atoms with van der Waals surface area (Å²) in [6, 6.07) is 3.24. The predicted octanol–water partition coefficient (Wildman–Crippen LogP) is -2.78. The zero-order chi connectivity index (χ0) is 10.8. The van der Waals surface area contributed by atoms with Gasteiger partial charge in [-0.25, -0.2) is 8.42 Å². The Kier molecular flexibility index (Phi) is 5.33. The van der Waals surface area contributed by atoms with Crippen molar-refractivity contribution < 1.29 is 52.1 Å². The number of rotatable bonds is 3. The summed E-state index contributed by atoms with van der Waals surface area (Å²) in [6.07, 6.45) is 0.641. The molecule has 15 heavy (non-hydrogen) atoms. The predicted molar refractivity (Wildman–Crippen MR) is 45.2 cm³/mol. The summed E-state index contributed by atoms with van der Waals surface area (Å²) in [5, 5.41) is 0. The van der Waals surface area contributed by atoms with Crippen LogP contribution < -0.4 is 29.6 Å². The standard InChI is InChI=1S/C8H6O5S.Na/c9-4-6-1-2-7(5-10)8(3-6)14(11,12)13;/h1-5H,(H,11,12,13);/q;+1/p-1. The van der Waals surface area contributed by atoms with Gasteiger partial charge in [0.15, 0.2) is 6.29 Å². The molecule has 7 heteroatoms. The van der Waals surface area contributed by atoms with Crippen molar-refractivity contribution in [2.75, 3.05) is 0 Å². The van der Waals surface area contributed by atoms with Crippen molar-refractivity contribution in [3.63, 3.8) is 0 Å². The molecule has 0 saturated carbocycles. The molecule has 1 rings (SSSR count). The molecule has 0 unspecified atom stereocenters. The molecule has 0 spiro atoms. The molecule has 0 aliphatic carbocycles. The van der Waals surface area contributed by atoms with Crippen molar-refractivity contribution in [1.82, 2.24) is 0 Å². The second-order valence-corrected chi connectivity index (χ2v) is 3.84. The van der Waals surface area contributed by atoms with Gasteiger partial charge < -0.3 is 4.55 Å². The van der Waals surface area contributed by atoms with Gasteiger partial charge in [0.2, 0.25) is 0 Å². The van der Waals surface area contributed by atoms with Crippen LogP contribution in [0.5, 0.6) is 0 Å². The first-order chi connectivity index (χ1) is 6.49. The Labute approximate surface area is 109 Å². The van der Waals surface area contributed by atoms with E-state index >= 15 is 0 Å². The van der Waals surface area contributed by atoms with Crippen LogP contribution in [0, 0.1) is 0 Å². The summed E-state index contributed by atoms with van der Waals surface area (Å²) >= 11 is 0. The van der Waals surface area contributed by atoms with E-state index < -0.39 is 15.0 Å². The summed E-state index contributed by atoms with van der Waals surface area (Å²) in [5.74, 6) is 0. The fourth-order valence-electron chi connectivity index (χ4n) is 0.938. The Balaban J connectivity index is 0.00000196. The van der Waals surface area contributed by atoms with Gasteiger partial charge in [0, 0.05) is 11.1 Å². The Bertz CT molecular complexity index is 480. The van der Waals surface area contributed by atoms with Gasteiger partial charge in [-0.1, -0.05) is 6.07 Å². The molecule has 0 amide bonds. The van der Waals surface area contributed by atoms with Gasteiger partial charge in [0.25, 0.3) is 0 Å². The minimum Gasteiger partial charge on any atom is -0.744 e. The molecule has 0 saturated heterocycles. The SMILES string of the molecule is O=Cc1ccc(C=O)c(S(=O)(=O)[O-])c1.[Na+]. The van der Waals surface area contributed by atoms with Crippen molar-refractivity contribution in [3.05, 3.63) is 29.3 Å². The van der Waals surface area contributed by atoms with Gasteiger partial charge in [-0.05, 0) is 12.1 Å². The monoisotopic (exact) mass is 236 g/mol. The summed E-state index contributed by atoms with van der Waals surface area (Å²) in [6.45, 7) is 0. The summed E-state index contributed by atoms with van der Waals surface area (Å²) < 4.78 is 32.0. The van der Waals surface area contributed by atoms with E-state index in [1.165, 1.54) is 6.07 Å². The van der Waals surface area contributed by atoms with E-state index in [-0.39, 0.29) is 47.0 Å². The molecule has 0 aromatic heterocycles. The van der Waals surface area contributed by atoms with E-state index in [0.29, 0.717) is 6.29 Å². The maximum Gasteiger partial charge on any atom is 1.00 e. The first kappa shape index (κ1) is 14.5. The van der Waals surface area contributed by atoms with Crippen molar-refractivity contribution in [2.24, 2.45) is 0 Å². The Morgan fingerprint density at radius 1 is 1.13 bits per heavy atom. The minimum absolute atomic E-state index is 0. The number of hydrogen-bond donors (Lipinski definition) is 0. The van der Waals surface area contributed by atoms with Crippen LogP contribution in [0.1, 0.15) is 20.7 Å². The fraction of sp³-hybridized carbons (Fsp3) is 0. The van der Waals surface area contributed by atoms with E-state index in [4.69, 9.17) is 0 Å². The Hall–Kier alpha value is -0.530. The van der Waals surface area contributed by atoms with Crippen LogP contribution in [0.4, 0.5) is 0 Å². The largest absolute Gasteiger partial charge is 1.00 e. The molecule has 74 valence electrons. The quantitative estimate of drug-likeness (QED) is 0.321. The average molecular weight is 236 g/mol. The van der Waals surface area contributed by atoms with Gasteiger partial charge >= 0.3 is 29.6 Å². The van der Waals surface area contributed by atoms with Crippen LogP contribution >= 0.6 is 0 Å². The number of aldehydes is 2. The second kappa shape index (κ2) is 5.53. The maximum absolute atomic E-state index is 10.7. The molecular weight excluding hydrogens is 231 g/mol. The number of benzene rings is 1. The third-order valence-electron chi connectivity index (χ3n) is 1.57. The van der Waals surface area contributed by atoms with E-state index in [1.807, 2.05) is 0 Å². The third kappa shape index (κ3) is 3.51. The topological polar surface area (TPSA) is 91.3 Å². The zero-order valence-corrected chi connectivity index (χ0v) is 10.7. The van der Waals surface area contributed by atoms with Crippen molar-refractivity contribution in [3.8, 4) is 0 Å². The molecule has 5 nitrogen and oxygen atoms in total. The molecule has 0 atom stereocenters. The molecule has 0 N–H and O–H groups in total. The molecular formula is C8H5NaO5S. The average Bonchev–Trinajstić information content (AvgIpc) is 2.15. The molecule has 1 aromatic rings. The van der Waals surface area contributed by atoms with Gasteiger partial charge in [-0.3, -0.25) is 9.59 Å². The molecule has 0 aliphatic heterocycles. The molecule has 0 bridgehead atoms. The van der Waals surface area contributed by atoms with Crippen LogP contribution in [0.25, 0.3) is 0 Å². The van der Waals surface area contributed by atoms with Crippen LogP contribution in [0.2, 0.25) is 0 Å². The third-order valence-corrected chi connectivity index (χ3v) is 2.46. The second-order valence-electron chi connectivity index (χ2n) is 2.49. The van der Waals surface area contributed by atoms with Crippen LogP contribution in [-0.2, 0) is 10.1 Å². The molecule has 1 aromatic carbocycles. The van der Waals surface area contributed by atoms with E-state index in [9.17, 15) is 22.6 Å². The van der Waals surface area contributed by atoms with Gasteiger partial charge in [0.05, 0.1) is 4.90 Å². The van der Waals surface area contributed by atoms with Gasteiger partial charge in [0.1, 0.15) is 16.4 Å². The van der Waals surface area contributed by atoms with Gasteiger partial charge in [-0.15, -0.1) is 0 Å². The number of carbonyl (C=O) groups is 2. The normalized spacial score (nSPS) is 10.2. The first-order valence-electron chi connectivity index (χ1n) is 3.49. The number of hydrogen-bond acceptors (Lipinski definition) is 5. The Morgan fingerprint density at radius 3 is 2.13 bits per heavy atom. The molecule has 0 fully saturated rings. The minimum atomic E-state index is -4.72. The zero-order valence-electron chi connectivity index (χ0n) is 7.84. The van der Waals surface area contributed by atoms with Crippen LogP contribution in [-0.4, -0.2) is 25.5 Å². The van der Waals surface area contributed by atoms with E-state index in [1.54, 1.807) is 0 Å². The van der Waals surface area contributed by atoms with Crippen LogP contribution in [0.15, 0.2) is 23.1 Å². The summed E-state index contributed by atoms with van der Waals surface area (Å²) in [7, 11) is -4.72. The maximum atomic E-state index is 10.7. The van der Waals surface area contributed by atoms with E-state index in [0.717, 1.165) is 12.1 Å². The molecule has 0 heterocycles. The number of carbonyl (C=O) groups excluding carboxylic acids is 2. The summed E-state index contributed by atoms with van der Waals surface area (Å²) in [5.41, 5.74) is -0.212. The van der Waals surface area contributed by atoms with Gasteiger partial charge in [-0.2, -0.15) is 0 Å². The molecule has 0 aliphatic rings. The van der Waals surface area contributed by atoms with Crippen molar-refractivity contribution in [1.29, 1.82) is 0 Å². The Morgan fingerprint density at radius 2 is 1.73 bits per heavy atom. The summed E-state index contributed by atoms with van der Waals surface area (Å²) in [4.78, 5) is 20.0. The van der Waals surface area contributed by atoms with E-state index in [2.05, 4.69) is 0 Å². The van der Waals surface area contributed by atoms with Crippen LogP contribution in [0.3, 0.4) is 0 Å². The van der Waals surface area contributed by atoms with Crippen molar-refractivity contribution in [2.45, 2.75) is 4.90 Å². The van der Waals surface area contributed by atoms with Crippen molar-refractivity contribution >= 4 is 22.7 Å². The fourth-order valence-corrected chi connectivity index (χ4v) is 1.62.